The standard InChI is InChI=1S/C20H25F3N2O3/c1-13(2)9-14(3)15-7-5-6-8-17(15)24-19(26)28-18-11-25(12-27-4)10-16(18)20(21,22)23/h5-8,10-11,13-14H,9,12H2,1-4H3,(H,24,26). The predicted octanol–water partition coefficient (Wildman–Crippen LogP) is 5.87. The molecule has 0 radical (unpaired) electrons. The number of methoxy groups -OCH3 is 1. The number of carbonyl (C=O) groups is 1. The van der Waals surface area contributed by atoms with Gasteiger partial charge < -0.3 is 14.0 Å². The number of ether oxygens (including phenoxy) is 2. The van der Waals surface area contributed by atoms with Crippen molar-refractivity contribution in [2.45, 2.75) is 46.0 Å². The number of rotatable bonds is 7. The number of benzene rings is 1. The number of para-hydroxylation sites is 1. The van der Waals surface area contributed by atoms with Crippen molar-refractivity contribution in [3.8, 4) is 5.75 Å². The summed E-state index contributed by atoms with van der Waals surface area (Å²) in [5.74, 6) is 0.0599. The molecule has 1 N–H and O–H groups in total. The van der Waals surface area contributed by atoms with Crippen LogP contribution >= 0.6 is 0 Å². The molecule has 1 aromatic heterocycles. The second-order valence-corrected chi connectivity index (χ2v) is 7.10. The van der Waals surface area contributed by atoms with E-state index in [9.17, 15) is 18.0 Å². The summed E-state index contributed by atoms with van der Waals surface area (Å²) in [5, 5.41) is 2.56. The molecule has 0 spiro atoms. The van der Waals surface area contributed by atoms with Crippen LogP contribution in [0.5, 0.6) is 5.75 Å². The Morgan fingerprint density at radius 3 is 2.46 bits per heavy atom. The monoisotopic (exact) mass is 398 g/mol. The van der Waals surface area contributed by atoms with Crippen LogP contribution in [0.25, 0.3) is 0 Å². The van der Waals surface area contributed by atoms with Crippen LogP contribution in [0.4, 0.5) is 23.7 Å². The number of hydrogen-bond acceptors (Lipinski definition) is 3. The summed E-state index contributed by atoms with van der Waals surface area (Å²) in [7, 11) is 1.36. The van der Waals surface area contributed by atoms with Gasteiger partial charge in [0.25, 0.3) is 0 Å². The van der Waals surface area contributed by atoms with E-state index in [1.807, 2.05) is 19.1 Å². The van der Waals surface area contributed by atoms with Gasteiger partial charge in [0.2, 0.25) is 0 Å². The minimum Gasteiger partial charge on any atom is -0.408 e. The molecule has 2 aromatic rings. The molecule has 1 aromatic carbocycles. The van der Waals surface area contributed by atoms with Crippen molar-refractivity contribution in [2.24, 2.45) is 5.92 Å². The SMILES string of the molecule is COCn1cc(OC(=O)Nc2ccccc2C(C)CC(C)C)c(C(F)(F)F)c1. The number of alkyl halides is 3. The Morgan fingerprint density at radius 1 is 1.18 bits per heavy atom. The Morgan fingerprint density at radius 2 is 1.86 bits per heavy atom. The van der Waals surface area contributed by atoms with Gasteiger partial charge in [0, 0.05) is 25.2 Å². The number of anilines is 1. The summed E-state index contributed by atoms with van der Waals surface area (Å²) in [6.07, 6.45) is -2.81. The van der Waals surface area contributed by atoms with Crippen LogP contribution in [0.2, 0.25) is 0 Å². The van der Waals surface area contributed by atoms with E-state index in [0.717, 1.165) is 28.9 Å². The van der Waals surface area contributed by atoms with Gasteiger partial charge >= 0.3 is 12.3 Å². The lowest BCUT2D eigenvalue weighted by Gasteiger charge is -2.18. The zero-order valence-electron chi connectivity index (χ0n) is 16.3. The molecule has 0 aliphatic heterocycles. The number of nitrogens with one attached hydrogen (secondary N) is 1. The summed E-state index contributed by atoms with van der Waals surface area (Å²) >= 11 is 0. The highest BCUT2D eigenvalue weighted by Crippen LogP contribution is 2.37. The molecular formula is C20H25F3N2O3. The fourth-order valence-electron chi connectivity index (χ4n) is 3.11. The highest BCUT2D eigenvalue weighted by Gasteiger charge is 2.36. The van der Waals surface area contributed by atoms with Gasteiger partial charge in [-0.2, -0.15) is 13.2 Å². The molecule has 154 valence electrons. The van der Waals surface area contributed by atoms with Crippen LogP contribution in [0.3, 0.4) is 0 Å². The summed E-state index contributed by atoms with van der Waals surface area (Å²) in [6.45, 7) is 6.15. The van der Waals surface area contributed by atoms with Crippen molar-refractivity contribution in [1.29, 1.82) is 0 Å². The summed E-state index contributed by atoms with van der Waals surface area (Å²) < 4.78 is 50.6. The highest BCUT2D eigenvalue weighted by atomic mass is 19.4. The van der Waals surface area contributed by atoms with Gasteiger partial charge in [0.1, 0.15) is 12.3 Å². The van der Waals surface area contributed by atoms with E-state index in [1.165, 1.54) is 7.11 Å². The van der Waals surface area contributed by atoms with Crippen molar-refractivity contribution in [1.82, 2.24) is 4.57 Å². The normalized spacial score (nSPS) is 12.9. The largest absolute Gasteiger partial charge is 0.421 e. The molecule has 5 nitrogen and oxygen atoms in total. The van der Waals surface area contributed by atoms with Crippen molar-refractivity contribution < 1.29 is 27.4 Å². The second kappa shape index (κ2) is 9.14. The van der Waals surface area contributed by atoms with Crippen LogP contribution < -0.4 is 10.1 Å². The molecule has 1 atom stereocenters. The molecule has 0 fully saturated rings. The molecular weight excluding hydrogens is 373 g/mol. The lowest BCUT2D eigenvalue weighted by Crippen LogP contribution is -2.19. The van der Waals surface area contributed by atoms with Gasteiger partial charge in [-0.1, -0.05) is 39.0 Å². The van der Waals surface area contributed by atoms with E-state index in [1.54, 1.807) is 12.1 Å². The average Bonchev–Trinajstić information content (AvgIpc) is 2.97. The third-order valence-electron chi connectivity index (χ3n) is 4.18. The first kappa shape index (κ1) is 21.8. The van der Waals surface area contributed by atoms with Gasteiger partial charge in [-0.15, -0.1) is 0 Å². The summed E-state index contributed by atoms with van der Waals surface area (Å²) in [4.78, 5) is 12.3. The molecule has 0 bridgehead atoms. The maximum absolute atomic E-state index is 13.2. The quantitative estimate of drug-likeness (QED) is 0.634. The van der Waals surface area contributed by atoms with Crippen LogP contribution in [-0.2, 0) is 17.6 Å². The minimum absolute atomic E-state index is 0.0936. The third-order valence-corrected chi connectivity index (χ3v) is 4.18. The van der Waals surface area contributed by atoms with Crippen LogP contribution in [0.1, 0.15) is 44.2 Å². The van der Waals surface area contributed by atoms with Crippen LogP contribution in [0.15, 0.2) is 36.7 Å². The zero-order valence-corrected chi connectivity index (χ0v) is 16.3. The number of amides is 1. The van der Waals surface area contributed by atoms with E-state index in [0.29, 0.717) is 11.6 Å². The molecule has 1 amide bonds. The number of hydrogen-bond donors (Lipinski definition) is 1. The van der Waals surface area contributed by atoms with Gasteiger partial charge in [0.05, 0.1) is 0 Å². The molecule has 2 rings (SSSR count). The van der Waals surface area contributed by atoms with E-state index in [4.69, 9.17) is 9.47 Å². The molecule has 1 unspecified atom stereocenters. The second-order valence-electron chi connectivity index (χ2n) is 7.10. The minimum atomic E-state index is -4.65. The van der Waals surface area contributed by atoms with E-state index < -0.39 is 23.6 Å². The fourth-order valence-corrected chi connectivity index (χ4v) is 3.11. The average molecular weight is 398 g/mol. The molecule has 28 heavy (non-hydrogen) atoms. The number of halogens is 3. The van der Waals surface area contributed by atoms with Crippen LogP contribution in [-0.4, -0.2) is 17.8 Å². The third kappa shape index (κ3) is 5.76. The molecule has 8 heteroatoms. The maximum atomic E-state index is 13.2. The first-order chi connectivity index (χ1) is 13.1. The smallest absolute Gasteiger partial charge is 0.408 e. The lowest BCUT2D eigenvalue weighted by atomic mass is 9.91. The number of carbonyl (C=O) groups excluding carboxylic acids is 1. The Kier molecular flexibility index (Phi) is 7.12. The predicted molar refractivity (Wildman–Crippen MR) is 100 cm³/mol. The molecule has 0 aliphatic rings. The van der Waals surface area contributed by atoms with E-state index in [2.05, 4.69) is 19.2 Å². The topological polar surface area (TPSA) is 52.5 Å². The fraction of sp³-hybridized carbons (Fsp3) is 0.450. The Hall–Kier alpha value is -2.48. The van der Waals surface area contributed by atoms with E-state index in [-0.39, 0.29) is 12.6 Å². The van der Waals surface area contributed by atoms with Crippen molar-refractivity contribution in [3.05, 3.63) is 47.8 Å². The summed E-state index contributed by atoms with van der Waals surface area (Å²) in [5.41, 5.74) is 0.382. The Bertz CT molecular complexity index is 800. The number of aromatic nitrogens is 1. The van der Waals surface area contributed by atoms with Gasteiger partial charge in [-0.3, -0.25) is 5.32 Å². The zero-order chi connectivity index (χ0) is 20.9. The first-order valence-corrected chi connectivity index (χ1v) is 8.95. The molecule has 1 heterocycles. The Balaban J connectivity index is 2.19. The molecule has 0 saturated heterocycles. The van der Waals surface area contributed by atoms with Crippen LogP contribution in [0, 0.1) is 5.92 Å². The molecule has 0 aliphatic carbocycles. The molecule has 0 saturated carbocycles. The Labute approximate surface area is 162 Å². The highest BCUT2D eigenvalue weighted by molar-refractivity contribution is 5.87. The lowest BCUT2D eigenvalue weighted by molar-refractivity contribution is -0.138. The van der Waals surface area contributed by atoms with Gasteiger partial charge in [0.15, 0.2) is 5.75 Å². The van der Waals surface area contributed by atoms with Gasteiger partial charge in [-0.05, 0) is 29.9 Å². The first-order valence-electron chi connectivity index (χ1n) is 8.95. The van der Waals surface area contributed by atoms with Crippen molar-refractivity contribution in [3.63, 3.8) is 0 Å². The summed E-state index contributed by atoms with van der Waals surface area (Å²) in [6, 6.07) is 7.19. The van der Waals surface area contributed by atoms with Crippen molar-refractivity contribution >= 4 is 11.8 Å². The van der Waals surface area contributed by atoms with Crippen molar-refractivity contribution in [2.75, 3.05) is 12.4 Å². The van der Waals surface area contributed by atoms with E-state index >= 15 is 0 Å². The van der Waals surface area contributed by atoms with Gasteiger partial charge in [-0.25, -0.2) is 4.79 Å². The maximum Gasteiger partial charge on any atom is 0.421 e. The number of nitrogens with zero attached hydrogens (tertiary/aromatic N) is 1.